The molecule has 0 aliphatic rings. The van der Waals surface area contributed by atoms with E-state index >= 15 is 0 Å². The minimum atomic E-state index is 0.652. The van der Waals surface area contributed by atoms with Crippen LogP contribution in [0.2, 0.25) is 0 Å². The maximum atomic E-state index is 6.19. The zero-order valence-corrected chi connectivity index (χ0v) is 74.0. The molecule has 22 aromatic carbocycles. The number of benzene rings is 22. The standard InChI is InChI=1S/C45H27N3S.C39H23N3O.C39H23N3S/c1-3-9-28(10-4-1)29-15-19-32(20-16-29)44-46-43(31-11-5-2-6-12-31)47-45(48-44)35-23-24-36-33(25-35)21-17-30-18-22-34-26-41-39(27-38(34)42(30)36)37-13-7-8-14-40(37)49-41;1-3-9-25(10-4-1)37-40-38(26-11-5-2-6-12-26)42-39(41-37)29-19-20-30-27(21-29)17-15-24-16-18-28-22-35-33(23-32(28)36(24)30)31-13-7-8-14-34(31)43-35;1-3-9-26(10-4-1)37-40-38(27-11-5-2-6-12-27)42-39(41-37)29-20-21-30-28(23-29)18-17-24-15-16-25-19-22-32-31-13-7-8-14-33(31)43-36(32)35(25)34(24)30/h1-27H;2*1-23H. The van der Waals surface area contributed by atoms with Crippen molar-refractivity contribution in [1.82, 2.24) is 44.9 Å². The van der Waals surface area contributed by atoms with Crippen LogP contribution in [-0.4, -0.2) is 44.9 Å². The molecule has 0 atom stereocenters. The van der Waals surface area contributed by atoms with Gasteiger partial charge in [0.25, 0.3) is 0 Å². The van der Waals surface area contributed by atoms with Crippen molar-refractivity contribution in [2.24, 2.45) is 0 Å². The average Bonchev–Trinajstić information content (AvgIpc) is 1.69. The third kappa shape index (κ3) is 14.2. The maximum absolute atomic E-state index is 6.19. The lowest BCUT2D eigenvalue weighted by Crippen LogP contribution is -2.00. The molecule has 6 heterocycles. The van der Waals surface area contributed by atoms with Gasteiger partial charge in [0.05, 0.1) is 0 Å². The molecule has 28 rings (SSSR count). The molecule has 12 heteroatoms. The van der Waals surface area contributed by atoms with E-state index in [0.717, 1.165) is 93.7 Å². The first-order valence-electron chi connectivity index (χ1n) is 45.2. The van der Waals surface area contributed by atoms with E-state index in [4.69, 9.17) is 49.3 Å². The third-order valence-corrected chi connectivity index (χ3v) is 28.4. The summed E-state index contributed by atoms with van der Waals surface area (Å²) in [4.78, 5) is 44.6. The van der Waals surface area contributed by atoms with E-state index in [1.54, 1.807) is 0 Å². The van der Waals surface area contributed by atoms with Crippen molar-refractivity contribution >= 4 is 182 Å². The quantitative estimate of drug-likeness (QED) is 0.122. The van der Waals surface area contributed by atoms with Crippen LogP contribution in [0.4, 0.5) is 0 Å². The van der Waals surface area contributed by atoms with Crippen molar-refractivity contribution < 1.29 is 4.42 Å². The van der Waals surface area contributed by atoms with Gasteiger partial charge in [-0.15, -0.1) is 22.7 Å². The lowest BCUT2D eigenvalue weighted by atomic mass is 9.94. The molecule has 0 radical (unpaired) electrons. The smallest absolute Gasteiger partial charge is 0.164 e. The molecule has 135 heavy (non-hydrogen) atoms. The first-order valence-corrected chi connectivity index (χ1v) is 46.8. The summed E-state index contributed by atoms with van der Waals surface area (Å²) in [5.74, 6) is 5.93. The molecule has 0 saturated heterocycles. The fraction of sp³-hybridized carbons (Fsp3) is 0. The molecule has 0 N–H and O–H groups in total. The largest absolute Gasteiger partial charge is 0.456 e. The highest BCUT2D eigenvalue weighted by Crippen LogP contribution is 2.47. The Morgan fingerprint density at radius 3 is 0.859 bits per heavy atom. The summed E-state index contributed by atoms with van der Waals surface area (Å²) in [6.07, 6.45) is 0. The lowest BCUT2D eigenvalue weighted by molar-refractivity contribution is 0.669. The summed E-state index contributed by atoms with van der Waals surface area (Å²) >= 11 is 3.75. The topological polar surface area (TPSA) is 129 Å². The van der Waals surface area contributed by atoms with Gasteiger partial charge in [-0.2, -0.15) is 0 Å². The predicted octanol–water partition coefficient (Wildman–Crippen LogP) is 33.3. The van der Waals surface area contributed by atoms with Crippen LogP contribution >= 0.6 is 22.7 Å². The van der Waals surface area contributed by atoms with Crippen molar-refractivity contribution in [2.45, 2.75) is 0 Å². The summed E-state index contributed by atoms with van der Waals surface area (Å²) in [5, 5.41) is 29.7. The van der Waals surface area contributed by atoms with E-state index in [1.165, 1.54) is 127 Å². The van der Waals surface area contributed by atoms with Crippen molar-refractivity contribution in [2.75, 3.05) is 0 Å². The Hall–Kier alpha value is -17.6. The highest BCUT2D eigenvalue weighted by Gasteiger charge is 2.22. The van der Waals surface area contributed by atoms with Gasteiger partial charge in [-0.1, -0.05) is 382 Å². The van der Waals surface area contributed by atoms with Gasteiger partial charge in [0.1, 0.15) is 11.2 Å². The first kappa shape index (κ1) is 78.5. The molecule has 628 valence electrons. The van der Waals surface area contributed by atoms with E-state index in [-0.39, 0.29) is 0 Å². The van der Waals surface area contributed by atoms with Gasteiger partial charge in [-0.25, -0.2) is 44.9 Å². The van der Waals surface area contributed by atoms with Crippen LogP contribution in [0.25, 0.3) is 273 Å². The Balaban J connectivity index is 0.000000106. The molecule has 28 aromatic rings. The van der Waals surface area contributed by atoms with Gasteiger partial charge in [-0.3, -0.25) is 0 Å². The first-order chi connectivity index (χ1) is 66.8. The fourth-order valence-corrected chi connectivity index (χ4v) is 21.8. The normalized spacial score (nSPS) is 11.7. The molecule has 10 nitrogen and oxygen atoms in total. The molecular weight excluding hydrogens is 1680 g/mol. The van der Waals surface area contributed by atoms with Crippen molar-refractivity contribution in [1.29, 1.82) is 0 Å². The second kappa shape index (κ2) is 32.8. The number of furan rings is 1. The molecule has 0 amide bonds. The van der Waals surface area contributed by atoms with Crippen molar-refractivity contribution in [3.05, 3.63) is 443 Å². The van der Waals surface area contributed by atoms with Gasteiger partial charge in [0, 0.05) is 107 Å². The number of para-hydroxylation sites is 1. The van der Waals surface area contributed by atoms with E-state index < -0.39 is 0 Å². The zero-order chi connectivity index (χ0) is 89.0. The molecular formula is C123H73N9OS2. The van der Waals surface area contributed by atoms with Crippen molar-refractivity contribution in [3.63, 3.8) is 0 Å². The highest BCUT2D eigenvalue weighted by atomic mass is 32.1. The van der Waals surface area contributed by atoms with Crippen LogP contribution in [0.15, 0.2) is 447 Å². The summed E-state index contributed by atoms with van der Waals surface area (Å²) < 4.78 is 11.5. The zero-order valence-electron chi connectivity index (χ0n) is 72.4. The van der Waals surface area contributed by atoms with Crippen LogP contribution in [0.1, 0.15) is 0 Å². The van der Waals surface area contributed by atoms with Crippen LogP contribution in [0.5, 0.6) is 0 Å². The van der Waals surface area contributed by atoms with Crippen molar-refractivity contribution in [3.8, 4) is 114 Å². The van der Waals surface area contributed by atoms with E-state index in [1.807, 2.05) is 193 Å². The number of hydrogen-bond acceptors (Lipinski definition) is 12. The predicted molar refractivity (Wildman–Crippen MR) is 564 cm³/mol. The van der Waals surface area contributed by atoms with Crippen LogP contribution in [-0.2, 0) is 0 Å². The molecule has 0 bridgehead atoms. The Morgan fingerprint density at radius 2 is 0.422 bits per heavy atom. The molecule has 0 spiro atoms. The molecule has 0 saturated carbocycles. The SMILES string of the molecule is c1ccc(-c2ccc(-c3nc(-c4ccccc4)nc(-c4ccc5c(ccc6ccc7cc8sc9ccccc9c8cc7c65)c4)n3)cc2)cc1.c1ccc(-c2nc(-c3ccccc3)nc(-c3ccc4c(ccc5ccc6cc7oc8ccccc8c7cc6c54)c3)n2)cc1.c1ccc(-c2nc(-c3ccccc3)nc(-c3ccc4c(ccc5ccc6ccc7c8ccccc8sc7c6c54)c3)n2)cc1. The second-order valence-electron chi connectivity index (χ2n) is 34.2. The Bertz CT molecular complexity index is 9490. The van der Waals surface area contributed by atoms with Gasteiger partial charge >= 0.3 is 0 Å². The summed E-state index contributed by atoms with van der Waals surface area (Å²) in [5.41, 5.74) is 12.8. The third-order valence-electron chi connectivity index (χ3n) is 26.0. The molecule has 0 unspecified atom stereocenters. The van der Waals surface area contributed by atoms with Gasteiger partial charge < -0.3 is 4.42 Å². The fourth-order valence-electron chi connectivity index (χ4n) is 19.4. The van der Waals surface area contributed by atoms with E-state index in [9.17, 15) is 0 Å². The number of rotatable bonds is 10. The summed E-state index contributed by atoms with van der Waals surface area (Å²) in [6, 6.07) is 155. The van der Waals surface area contributed by atoms with Gasteiger partial charge in [-0.05, 0) is 163 Å². The van der Waals surface area contributed by atoms with E-state index in [2.05, 4.69) is 273 Å². The highest BCUT2D eigenvalue weighted by molar-refractivity contribution is 7.27. The van der Waals surface area contributed by atoms with Crippen LogP contribution in [0, 0.1) is 0 Å². The summed E-state index contributed by atoms with van der Waals surface area (Å²) in [7, 11) is 0. The maximum Gasteiger partial charge on any atom is 0.164 e. The van der Waals surface area contributed by atoms with Gasteiger partial charge in [0.2, 0.25) is 0 Å². The minimum Gasteiger partial charge on any atom is -0.456 e. The molecule has 0 fully saturated rings. The molecule has 6 aromatic heterocycles. The van der Waals surface area contributed by atoms with Crippen LogP contribution < -0.4 is 0 Å². The van der Waals surface area contributed by atoms with Gasteiger partial charge in [0.15, 0.2) is 52.4 Å². The number of aromatic nitrogens is 9. The molecule has 0 aliphatic heterocycles. The minimum absolute atomic E-state index is 0.652. The summed E-state index contributed by atoms with van der Waals surface area (Å²) in [6.45, 7) is 0. The monoisotopic (exact) mass is 1760 g/mol. The second-order valence-corrected chi connectivity index (χ2v) is 36.3. The van der Waals surface area contributed by atoms with E-state index in [0.29, 0.717) is 52.4 Å². The van der Waals surface area contributed by atoms with Crippen LogP contribution in [0.3, 0.4) is 0 Å². The number of nitrogens with zero attached hydrogens (tertiary/aromatic N) is 9. The number of fused-ring (bicyclic) bond motifs is 25. The Kier molecular flexibility index (Phi) is 19.1. The Morgan fingerprint density at radius 1 is 0.141 bits per heavy atom. The Labute approximate surface area is 781 Å². The number of thiophene rings is 2. The molecule has 0 aliphatic carbocycles. The average molecular weight is 1760 g/mol. The lowest BCUT2D eigenvalue weighted by Gasteiger charge is -2.11. The number of hydrogen-bond donors (Lipinski definition) is 0.